The number of hydrogen-bond acceptors (Lipinski definition) is 4. The molecule has 0 aliphatic carbocycles. The zero-order valence-corrected chi connectivity index (χ0v) is 12.1. The lowest BCUT2D eigenvalue weighted by Crippen LogP contribution is -2.29. The summed E-state index contributed by atoms with van der Waals surface area (Å²) in [5.74, 6) is -1.40. The number of fused-ring (bicyclic) bond motifs is 3. The fourth-order valence-corrected chi connectivity index (χ4v) is 2.89. The molecule has 2 aromatic heterocycles. The van der Waals surface area contributed by atoms with Crippen molar-refractivity contribution in [3.05, 3.63) is 65.4 Å². The maximum absolute atomic E-state index is 13.6. The molecule has 0 fully saturated rings. The summed E-state index contributed by atoms with van der Waals surface area (Å²) in [6.07, 6.45) is 3.00. The Bertz CT molecular complexity index is 986. The van der Waals surface area contributed by atoms with Crippen LogP contribution in [0.3, 0.4) is 0 Å². The first-order valence-corrected chi connectivity index (χ1v) is 6.96. The number of benzene rings is 1. The molecule has 0 saturated heterocycles. The van der Waals surface area contributed by atoms with Gasteiger partial charge in [-0.05, 0) is 37.3 Å². The molecule has 0 radical (unpaired) electrons. The lowest BCUT2D eigenvalue weighted by atomic mass is 10.0. The fourth-order valence-electron chi connectivity index (χ4n) is 2.89. The minimum Gasteiger partial charge on any atom is -0.268 e. The van der Waals surface area contributed by atoms with E-state index in [4.69, 9.17) is 0 Å². The number of aromatic nitrogens is 2. The van der Waals surface area contributed by atoms with Gasteiger partial charge in [0.1, 0.15) is 5.82 Å². The van der Waals surface area contributed by atoms with Gasteiger partial charge in [0.15, 0.2) is 0 Å². The summed E-state index contributed by atoms with van der Waals surface area (Å²) in [4.78, 5) is 34.8. The van der Waals surface area contributed by atoms with Crippen LogP contribution >= 0.6 is 0 Å². The van der Waals surface area contributed by atoms with E-state index in [-0.39, 0.29) is 11.1 Å². The predicted octanol–water partition coefficient (Wildman–Crippen LogP) is 2.88. The monoisotopic (exact) mass is 307 g/mol. The zero-order valence-electron chi connectivity index (χ0n) is 12.1. The summed E-state index contributed by atoms with van der Waals surface area (Å²) in [6.45, 7) is 1.67. The molecule has 6 heteroatoms. The molecule has 1 aliphatic rings. The highest BCUT2D eigenvalue weighted by molar-refractivity contribution is 6.37. The van der Waals surface area contributed by atoms with Crippen molar-refractivity contribution in [3.63, 3.8) is 0 Å². The highest BCUT2D eigenvalue weighted by Crippen LogP contribution is 2.34. The van der Waals surface area contributed by atoms with E-state index in [0.717, 1.165) is 4.90 Å². The number of carbonyl (C=O) groups excluding carboxylic acids is 2. The van der Waals surface area contributed by atoms with E-state index in [1.165, 1.54) is 30.6 Å². The van der Waals surface area contributed by atoms with Crippen LogP contribution < -0.4 is 4.90 Å². The van der Waals surface area contributed by atoms with Gasteiger partial charge in [-0.3, -0.25) is 19.6 Å². The Morgan fingerprint density at radius 2 is 1.70 bits per heavy atom. The Morgan fingerprint density at radius 3 is 2.43 bits per heavy atom. The zero-order chi connectivity index (χ0) is 16.1. The number of pyridine rings is 2. The summed E-state index contributed by atoms with van der Waals surface area (Å²) in [7, 11) is 0. The van der Waals surface area contributed by atoms with Crippen LogP contribution in [0.4, 0.5) is 10.1 Å². The van der Waals surface area contributed by atoms with Crippen molar-refractivity contribution in [2.75, 3.05) is 4.90 Å². The van der Waals surface area contributed by atoms with Gasteiger partial charge in [-0.1, -0.05) is 0 Å². The molecule has 4 rings (SSSR count). The molecule has 23 heavy (non-hydrogen) atoms. The average molecular weight is 307 g/mol. The Labute approximate surface area is 130 Å². The highest BCUT2D eigenvalue weighted by atomic mass is 19.1. The van der Waals surface area contributed by atoms with Gasteiger partial charge in [0.2, 0.25) is 0 Å². The van der Waals surface area contributed by atoms with Crippen LogP contribution in [-0.2, 0) is 0 Å². The van der Waals surface area contributed by atoms with Crippen LogP contribution in [0.25, 0.3) is 10.9 Å². The summed E-state index contributed by atoms with van der Waals surface area (Å²) >= 11 is 0. The second kappa shape index (κ2) is 4.67. The van der Waals surface area contributed by atoms with Crippen molar-refractivity contribution in [1.82, 2.24) is 9.97 Å². The van der Waals surface area contributed by atoms with Crippen LogP contribution in [0.5, 0.6) is 0 Å². The van der Waals surface area contributed by atoms with Gasteiger partial charge in [-0.25, -0.2) is 9.29 Å². The summed E-state index contributed by atoms with van der Waals surface area (Å²) < 4.78 is 13.6. The van der Waals surface area contributed by atoms with Crippen LogP contribution in [-0.4, -0.2) is 21.8 Å². The molecule has 5 nitrogen and oxygen atoms in total. The molecule has 3 aromatic rings. The Kier molecular flexibility index (Phi) is 2.74. The third-order valence-electron chi connectivity index (χ3n) is 3.88. The van der Waals surface area contributed by atoms with Gasteiger partial charge in [0.05, 0.1) is 28.0 Å². The Hall–Kier alpha value is -3.15. The SMILES string of the molecule is Cc1nc2ccc(F)cc2c2c1C(=O)N(c1ccncc1)C2=O. The maximum Gasteiger partial charge on any atom is 0.268 e. The number of aryl methyl sites for hydroxylation is 1. The molecule has 0 saturated carbocycles. The van der Waals surface area contributed by atoms with E-state index in [9.17, 15) is 14.0 Å². The molecule has 1 aliphatic heterocycles. The van der Waals surface area contributed by atoms with Crippen LogP contribution in [0.1, 0.15) is 26.4 Å². The topological polar surface area (TPSA) is 63.2 Å². The number of hydrogen-bond donors (Lipinski definition) is 0. The van der Waals surface area contributed by atoms with Gasteiger partial charge < -0.3 is 0 Å². The normalized spacial score (nSPS) is 13.7. The molecule has 0 spiro atoms. The number of imide groups is 1. The second-order valence-electron chi connectivity index (χ2n) is 5.26. The quantitative estimate of drug-likeness (QED) is 0.649. The number of anilines is 1. The Balaban J connectivity index is 2.02. The molecule has 2 amide bonds. The number of rotatable bonds is 1. The van der Waals surface area contributed by atoms with Crippen LogP contribution in [0.15, 0.2) is 42.7 Å². The summed E-state index contributed by atoms with van der Waals surface area (Å²) in [6, 6.07) is 7.18. The molecule has 3 heterocycles. The van der Waals surface area contributed by atoms with E-state index < -0.39 is 17.6 Å². The molecule has 0 atom stereocenters. The third-order valence-corrected chi connectivity index (χ3v) is 3.88. The lowest BCUT2D eigenvalue weighted by molar-refractivity contribution is 0.0926. The number of halogens is 1. The maximum atomic E-state index is 13.6. The fraction of sp³-hybridized carbons (Fsp3) is 0.0588. The van der Waals surface area contributed by atoms with Crippen molar-refractivity contribution in [3.8, 4) is 0 Å². The second-order valence-corrected chi connectivity index (χ2v) is 5.26. The number of amides is 2. The van der Waals surface area contributed by atoms with Crippen LogP contribution in [0, 0.1) is 12.7 Å². The largest absolute Gasteiger partial charge is 0.268 e. The van der Waals surface area contributed by atoms with Crippen molar-refractivity contribution >= 4 is 28.4 Å². The molecular weight excluding hydrogens is 297 g/mol. The van der Waals surface area contributed by atoms with Gasteiger partial charge >= 0.3 is 0 Å². The summed E-state index contributed by atoms with van der Waals surface area (Å²) in [5.41, 5.74) is 1.79. The third kappa shape index (κ3) is 1.85. The van der Waals surface area contributed by atoms with Gasteiger partial charge in [0, 0.05) is 17.8 Å². The minimum absolute atomic E-state index is 0.203. The van der Waals surface area contributed by atoms with E-state index in [1.807, 2.05) is 0 Å². The number of nitrogens with zero attached hydrogens (tertiary/aromatic N) is 3. The number of carbonyl (C=O) groups is 2. The first kappa shape index (κ1) is 13.5. The first-order chi connectivity index (χ1) is 11.1. The van der Waals surface area contributed by atoms with Crippen molar-refractivity contribution < 1.29 is 14.0 Å². The average Bonchev–Trinajstić information content (AvgIpc) is 2.81. The van der Waals surface area contributed by atoms with Gasteiger partial charge in [-0.2, -0.15) is 0 Å². The van der Waals surface area contributed by atoms with Crippen molar-refractivity contribution in [2.45, 2.75) is 6.92 Å². The Morgan fingerprint density at radius 1 is 1.00 bits per heavy atom. The van der Waals surface area contributed by atoms with E-state index in [2.05, 4.69) is 9.97 Å². The molecule has 0 bridgehead atoms. The molecular formula is C17H10FN3O2. The molecule has 0 unspecified atom stereocenters. The summed E-state index contributed by atoms with van der Waals surface area (Å²) in [5, 5.41) is 0.348. The highest BCUT2D eigenvalue weighted by Gasteiger charge is 2.40. The molecule has 0 N–H and O–H groups in total. The molecule has 112 valence electrons. The van der Waals surface area contributed by atoms with Crippen molar-refractivity contribution in [1.29, 1.82) is 0 Å². The molecule has 1 aromatic carbocycles. The van der Waals surface area contributed by atoms with E-state index in [0.29, 0.717) is 22.3 Å². The lowest BCUT2D eigenvalue weighted by Gasteiger charge is -2.12. The van der Waals surface area contributed by atoms with Gasteiger partial charge in [0.25, 0.3) is 11.8 Å². The van der Waals surface area contributed by atoms with Gasteiger partial charge in [-0.15, -0.1) is 0 Å². The minimum atomic E-state index is -0.479. The first-order valence-electron chi connectivity index (χ1n) is 6.96. The smallest absolute Gasteiger partial charge is 0.268 e. The standard InChI is InChI=1S/C17H10FN3O2/c1-9-14-15(12-8-10(18)2-3-13(12)20-9)17(23)21(16(14)22)11-4-6-19-7-5-11/h2-8H,1H3. The van der Waals surface area contributed by atoms with E-state index in [1.54, 1.807) is 19.1 Å². The van der Waals surface area contributed by atoms with E-state index >= 15 is 0 Å². The predicted molar refractivity (Wildman–Crippen MR) is 81.8 cm³/mol. The van der Waals surface area contributed by atoms with Crippen molar-refractivity contribution in [2.24, 2.45) is 0 Å². The van der Waals surface area contributed by atoms with Crippen LogP contribution in [0.2, 0.25) is 0 Å².